The number of hydrogen-bond acceptors (Lipinski definition) is 8. The van der Waals surface area contributed by atoms with Crippen molar-refractivity contribution in [3.05, 3.63) is 78.0 Å². The van der Waals surface area contributed by atoms with Crippen LogP contribution in [0.3, 0.4) is 0 Å². The third-order valence-electron chi connectivity index (χ3n) is 5.66. The number of anilines is 2. The van der Waals surface area contributed by atoms with Gasteiger partial charge in [-0.1, -0.05) is 24.3 Å². The van der Waals surface area contributed by atoms with Crippen LogP contribution in [-0.2, 0) is 6.42 Å². The molecule has 4 rings (SSSR count). The highest BCUT2D eigenvalue weighted by Crippen LogP contribution is 2.32. The normalized spacial score (nSPS) is 11.9. The van der Waals surface area contributed by atoms with Crippen LogP contribution in [-0.4, -0.2) is 48.1 Å². The first-order valence-corrected chi connectivity index (χ1v) is 11.0. The first kappa shape index (κ1) is 23.8. The molecule has 0 saturated heterocycles. The van der Waals surface area contributed by atoms with Crippen LogP contribution in [0.15, 0.2) is 66.9 Å². The van der Waals surface area contributed by atoms with E-state index in [0.29, 0.717) is 41.0 Å². The fourth-order valence-corrected chi connectivity index (χ4v) is 3.78. The van der Waals surface area contributed by atoms with Crippen LogP contribution in [0.4, 0.5) is 11.6 Å². The van der Waals surface area contributed by atoms with E-state index in [9.17, 15) is 4.79 Å². The first-order chi connectivity index (χ1) is 16.9. The summed E-state index contributed by atoms with van der Waals surface area (Å²) < 4.78 is 11.6. The van der Waals surface area contributed by atoms with Crippen LogP contribution < -0.4 is 26.3 Å². The Morgan fingerprint density at radius 1 is 1.06 bits per heavy atom. The van der Waals surface area contributed by atoms with Crippen LogP contribution in [0.5, 0.6) is 17.4 Å². The molecule has 0 saturated carbocycles. The molecule has 1 amide bonds. The summed E-state index contributed by atoms with van der Waals surface area (Å²) in [7, 11) is 5.46. The quantitative estimate of drug-likeness (QED) is 0.249. The predicted octanol–water partition coefficient (Wildman–Crippen LogP) is 3.65. The SMILES string of the molecule is COc1ccc(C(N)=O)cc1CC(Nc1nccc(Oc2ccc(N)c3ccccc23)n1)N(C)C. The summed E-state index contributed by atoms with van der Waals surface area (Å²) in [6, 6.07) is 18.2. The van der Waals surface area contributed by atoms with Crippen LogP contribution in [0.25, 0.3) is 10.8 Å². The molecule has 1 heterocycles. The standard InChI is InChI=1S/C26H28N6O3/c1-32(2)23(15-17-14-16(25(28)33)8-10-21(17)34-3)30-26-29-13-12-24(31-26)35-22-11-9-20(27)18-6-4-5-7-19(18)22/h4-14,23H,15,27H2,1-3H3,(H2,28,33)(H,29,30,31). The number of benzene rings is 3. The Balaban J connectivity index is 1.57. The number of nitrogens with zero attached hydrogens (tertiary/aromatic N) is 3. The minimum atomic E-state index is -0.494. The van der Waals surface area contributed by atoms with E-state index in [4.69, 9.17) is 20.9 Å². The molecule has 0 aliphatic carbocycles. The van der Waals surface area contributed by atoms with E-state index in [1.54, 1.807) is 37.6 Å². The Morgan fingerprint density at radius 3 is 2.51 bits per heavy atom. The number of methoxy groups -OCH3 is 1. The molecule has 0 aliphatic rings. The van der Waals surface area contributed by atoms with Crippen molar-refractivity contribution >= 4 is 28.3 Å². The number of nitrogens with one attached hydrogen (secondary N) is 1. The highest BCUT2D eigenvalue weighted by atomic mass is 16.5. The fraction of sp³-hybridized carbons (Fsp3) is 0.192. The maximum atomic E-state index is 11.7. The van der Waals surface area contributed by atoms with Gasteiger partial charge in [0, 0.05) is 40.7 Å². The Kier molecular flexibility index (Phi) is 6.98. The molecule has 0 radical (unpaired) electrons. The molecule has 1 unspecified atom stereocenters. The van der Waals surface area contributed by atoms with Crippen molar-refractivity contribution in [1.82, 2.24) is 14.9 Å². The van der Waals surface area contributed by atoms with Gasteiger partial charge in [-0.05, 0) is 50.0 Å². The Morgan fingerprint density at radius 2 is 1.80 bits per heavy atom. The van der Waals surface area contributed by atoms with Crippen LogP contribution in [0, 0.1) is 0 Å². The fourth-order valence-electron chi connectivity index (χ4n) is 3.78. The van der Waals surface area contributed by atoms with E-state index in [1.165, 1.54) is 0 Å². The van der Waals surface area contributed by atoms with Gasteiger partial charge in [0.15, 0.2) is 0 Å². The zero-order valence-electron chi connectivity index (χ0n) is 19.9. The van der Waals surface area contributed by atoms with Crippen LogP contribution >= 0.6 is 0 Å². The zero-order chi connectivity index (χ0) is 24.9. The molecule has 4 aromatic rings. The largest absolute Gasteiger partial charge is 0.496 e. The topological polar surface area (TPSA) is 129 Å². The number of ether oxygens (including phenoxy) is 2. The average molecular weight is 473 g/mol. The third-order valence-corrected chi connectivity index (χ3v) is 5.66. The van der Waals surface area contributed by atoms with Crippen molar-refractivity contribution in [2.45, 2.75) is 12.6 Å². The van der Waals surface area contributed by atoms with E-state index in [-0.39, 0.29) is 6.17 Å². The monoisotopic (exact) mass is 472 g/mol. The second-order valence-corrected chi connectivity index (χ2v) is 8.24. The number of nitrogen functional groups attached to an aromatic ring is 1. The summed E-state index contributed by atoms with van der Waals surface area (Å²) in [6.45, 7) is 0. The van der Waals surface area contributed by atoms with Gasteiger partial charge in [0.25, 0.3) is 0 Å². The Bertz CT molecular complexity index is 1360. The van der Waals surface area contributed by atoms with E-state index in [1.807, 2.05) is 55.4 Å². The van der Waals surface area contributed by atoms with Gasteiger partial charge in [-0.2, -0.15) is 4.98 Å². The van der Waals surface area contributed by atoms with Crippen molar-refractivity contribution in [1.29, 1.82) is 0 Å². The predicted molar refractivity (Wildman–Crippen MR) is 137 cm³/mol. The number of fused-ring (bicyclic) bond motifs is 1. The summed E-state index contributed by atoms with van der Waals surface area (Å²) in [5.41, 5.74) is 13.5. The zero-order valence-corrected chi connectivity index (χ0v) is 19.9. The molecule has 9 heteroatoms. The summed E-state index contributed by atoms with van der Waals surface area (Å²) in [4.78, 5) is 22.5. The number of primary amides is 1. The Labute approximate surface area is 203 Å². The number of hydrogen-bond donors (Lipinski definition) is 3. The third kappa shape index (κ3) is 5.42. The minimum absolute atomic E-state index is 0.209. The maximum Gasteiger partial charge on any atom is 0.248 e. The molecule has 3 aromatic carbocycles. The summed E-state index contributed by atoms with van der Waals surface area (Å²) in [5, 5.41) is 5.14. The highest BCUT2D eigenvalue weighted by Gasteiger charge is 2.18. The van der Waals surface area contributed by atoms with E-state index in [0.717, 1.165) is 16.3 Å². The maximum absolute atomic E-state index is 11.7. The highest BCUT2D eigenvalue weighted by molar-refractivity contribution is 5.97. The average Bonchev–Trinajstić information content (AvgIpc) is 2.85. The van der Waals surface area contributed by atoms with Gasteiger partial charge in [0.2, 0.25) is 17.7 Å². The number of rotatable bonds is 9. The minimum Gasteiger partial charge on any atom is -0.496 e. The molecule has 0 aliphatic heterocycles. The lowest BCUT2D eigenvalue weighted by molar-refractivity contribution is 0.1000. The number of amides is 1. The van der Waals surface area contributed by atoms with Gasteiger partial charge < -0.3 is 26.3 Å². The molecule has 1 atom stereocenters. The lowest BCUT2D eigenvalue weighted by Crippen LogP contribution is -2.38. The molecule has 0 spiro atoms. The van der Waals surface area contributed by atoms with Gasteiger partial charge >= 0.3 is 0 Å². The molecule has 0 bridgehead atoms. The lowest BCUT2D eigenvalue weighted by atomic mass is 10.0. The molecule has 180 valence electrons. The summed E-state index contributed by atoms with van der Waals surface area (Å²) >= 11 is 0. The second kappa shape index (κ2) is 10.3. The molecule has 35 heavy (non-hydrogen) atoms. The molecular formula is C26H28N6O3. The molecular weight excluding hydrogens is 444 g/mol. The number of carbonyl (C=O) groups excluding carboxylic acids is 1. The van der Waals surface area contributed by atoms with Crippen molar-refractivity contribution < 1.29 is 14.3 Å². The molecule has 9 nitrogen and oxygen atoms in total. The lowest BCUT2D eigenvalue weighted by Gasteiger charge is -2.26. The molecule has 0 fully saturated rings. The smallest absolute Gasteiger partial charge is 0.248 e. The van der Waals surface area contributed by atoms with E-state index in [2.05, 4.69) is 15.3 Å². The van der Waals surface area contributed by atoms with Crippen molar-refractivity contribution in [2.75, 3.05) is 32.3 Å². The van der Waals surface area contributed by atoms with Crippen molar-refractivity contribution in [3.63, 3.8) is 0 Å². The van der Waals surface area contributed by atoms with Gasteiger partial charge in [-0.3, -0.25) is 9.69 Å². The Hall–Kier alpha value is -4.37. The van der Waals surface area contributed by atoms with Crippen molar-refractivity contribution in [2.24, 2.45) is 5.73 Å². The summed E-state index contributed by atoms with van der Waals surface area (Å²) in [6.07, 6.45) is 1.93. The number of carbonyl (C=O) groups is 1. The van der Waals surface area contributed by atoms with E-state index < -0.39 is 5.91 Å². The van der Waals surface area contributed by atoms with Gasteiger partial charge in [0.05, 0.1) is 13.3 Å². The molecule has 5 N–H and O–H groups in total. The molecule has 1 aromatic heterocycles. The van der Waals surface area contributed by atoms with Crippen molar-refractivity contribution in [3.8, 4) is 17.4 Å². The number of likely N-dealkylation sites (N-methyl/N-ethyl adjacent to an activating group) is 1. The number of aromatic nitrogens is 2. The second-order valence-electron chi connectivity index (χ2n) is 8.24. The summed E-state index contributed by atoms with van der Waals surface area (Å²) in [5.74, 6) is 1.61. The van der Waals surface area contributed by atoms with E-state index >= 15 is 0 Å². The van der Waals surface area contributed by atoms with Crippen LogP contribution in [0.1, 0.15) is 15.9 Å². The number of nitrogens with two attached hydrogens (primary N) is 2. The first-order valence-electron chi connectivity index (χ1n) is 11.0. The van der Waals surface area contributed by atoms with Crippen LogP contribution in [0.2, 0.25) is 0 Å². The van der Waals surface area contributed by atoms with Gasteiger partial charge in [0.1, 0.15) is 11.5 Å². The van der Waals surface area contributed by atoms with Gasteiger partial charge in [-0.15, -0.1) is 0 Å². The van der Waals surface area contributed by atoms with Gasteiger partial charge in [-0.25, -0.2) is 4.98 Å².